The zero-order valence-corrected chi connectivity index (χ0v) is 49.7. The molecule has 0 aliphatic carbocycles. The second kappa shape index (κ2) is 32.6. The summed E-state index contributed by atoms with van der Waals surface area (Å²) in [5.41, 5.74) is 12.4. The fourth-order valence-electron chi connectivity index (χ4n) is 10.7. The van der Waals surface area contributed by atoms with Crippen LogP contribution in [0, 0.1) is 17.8 Å². The molecular formula is C59H85N13O14. The lowest BCUT2D eigenvalue weighted by molar-refractivity contribution is -0.145. The van der Waals surface area contributed by atoms with Crippen molar-refractivity contribution in [3.8, 4) is 0 Å². The van der Waals surface area contributed by atoms with Gasteiger partial charge in [-0.3, -0.25) is 62.5 Å². The number of amides is 10. The second-order valence-electron chi connectivity index (χ2n) is 23.3. The lowest BCUT2D eigenvalue weighted by atomic mass is 9.99. The van der Waals surface area contributed by atoms with Gasteiger partial charge in [0.1, 0.15) is 60.4 Å². The van der Waals surface area contributed by atoms with Crippen LogP contribution in [-0.4, -0.2) is 177 Å². The zero-order valence-electron chi connectivity index (χ0n) is 49.7. The number of nitrogens with one attached hydrogen (secondary N) is 8. The van der Waals surface area contributed by atoms with Crippen molar-refractivity contribution in [3.63, 3.8) is 0 Å². The van der Waals surface area contributed by atoms with Gasteiger partial charge in [-0.25, -0.2) is 0 Å². The maximum atomic E-state index is 14.9. The quantitative estimate of drug-likeness (QED) is 0.0519. The van der Waals surface area contributed by atoms with E-state index in [1.54, 1.807) is 102 Å². The molecule has 27 nitrogen and oxygen atoms in total. The van der Waals surface area contributed by atoms with Crippen LogP contribution < -0.4 is 54.0 Å². The molecule has 86 heavy (non-hydrogen) atoms. The molecule has 0 aromatic heterocycles. The van der Waals surface area contributed by atoms with Gasteiger partial charge >= 0.3 is 11.9 Å². The molecule has 10 atom stereocenters. The van der Waals surface area contributed by atoms with Gasteiger partial charge in [-0.2, -0.15) is 0 Å². The Morgan fingerprint density at radius 1 is 0.500 bits per heavy atom. The topological polar surface area (TPSA) is 412 Å². The summed E-state index contributed by atoms with van der Waals surface area (Å²) in [6, 6.07) is 2.62. The third-order valence-corrected chi connectivity index (χ3v) is 15.0. The predicted octanol–water partition coefficient (Wildman–Crippen LogP) is -0.903. The van der Waals surface area contributed by atoms with Crippen LogP contribution in [0.1, 0.15) is 117 Å². The Morgan fingerprint density at radius 3 is 1.26 bits per heavy atom. The van der Waals surface area contributed by atoms with Crippen molar-refractivity contribution in [3.05, 3.63) is 71.8 Å². The minimum absolute atomic E-state index is 0.0222. The lowest BCUT2D eigenvalue weighted by Gasteiger charge is -2.32. The predicted molar refractivity (Wildman–Crippen MR) is 313 cm³/mol. The van der Waals surface area contributed by atoms with Crippen LogP contribution in [0.2, 0.25) is 0 Å². The number of carbonyl (C=O) groups is 12. The number of hydrogen-bond acceptors (Lipinski definition) is 13. The van der Waals surface area contributed by atoms with Gasteiger partial charge in [0.15, 0.2) is 5.96 Å². The molecule has 0 radical (unpaired) electrons. The Kier molecular flexibility index (Phi) is 25.8. The monoisotopic (exact) mass is 1200 g/mol. The van der Waals surface area contributed by atoms with E-state index >= 15 is 0 Å². The molecule has 2 aromatic carbocycles. The number of aliphatic imine (C=N–C) groups is 1. The lowest BCUT2D eigenvalue weighted by Crippen LogP contribution is -2.62. The molecular weight excluding hydrogens is 1110 g/mol. The summed E-state index contributed by atoms with van der Waals surface area (Å²) in [5.74, 6) is -13.4. The maximum Gasteiger partial charge on any atom is 0.305 e. The van der Waals surface area contributed by atoms with E-state index in [2.05, 4.69) is 47.5 Å². The smallest absolute Gasteiger partial charge is 0.305 e. The van der Waals surface area contributed by atoms with Gasteiger partial charge in [-0.1, -0.05) is 102 Å². The van der Waals surface area contributed by atoms with Gasteiger partial charge in [-0.05, 0) is 80.2 Å². The molecule has 27 heteroatoms. The first-order chi connectivity index (χ1) is 40.7. The Morgan fingerprint density at radius 2 is 0.860 bits per heavy atom. The summed E-state index contributed by atoms with van der Waals surface area (Å²) in [5, 5.41) is 41.0. The van der Waals surface area contributed by atoms with Crippen LogP contribution in [-0.2, 0) is 70.4 Å². The van der Waals surface area contributed by atoms with Gasteiger partial charge in [0.2, 0.25) is 59.1 Å². The summed E-state index contributed by atoms with van der Waals surface area (Å²) >= 11 is 0. The number of fused-ring (bicyclic) bond motifs is 2. The SMILES string of the molecule is CC(C)C[C@@H]1NC(=O)[C@H](CCCN=C(N)N)NC(=O)[C@H](C(C)C)NC(=O)[C@@H]2CCCN2C(=O)[C@@H](Cc2ccccc2)NC(=O)[C@H](CC(C)C)NC(=O)[C@H](CC(=O)O)NC(=O)[C@H](CC(=O)O)NC(=O)[C@@H]2CCCN2C(=O)[C@@H](Cc2ccccc2)NC1=O. The molecule has 470 valence electrons. The maximum absolute atomic E-state index is 14.9. The third-order valence-electron chi connectivity index (χ3n) is 15.0. The molecule has 10 amide bonds. The van der Waals surface area contributed by atoms with Crippen molar-refractivity contribution < 1.29 is 67.7 Å². The molecule has 3 saturated heterocycles. The van der Waals surface area contributed by atoms with E-state index in [1.165, 1.54) is 9.80 Å². The zero-order chi connectivity index (χ0) is 63.4. The molecule has 3 aliphatic heterocycles. The second-order valence-corrected chi connectivity index (χ2v) is 23.3. The molecule has 14 N–H and O–H groups in total. The standard InChI is InChI=1S/C59H85N13O14/c1-32(2)26-38-50(78)68-42(28-35-16-9-7-10-17-35)57(85)71-24-14-21-44(71)54(82)67-41(31-47(75)76)53(81)66-40(30-46(73)74)52(80)65-39(27-33(3)4)51(79)69-43(29-36-18-11-8-12-19-36)58(86)72-25-15-22-45(72)55(83)70-48(34(5)6)56(84)63-37(49(77)64-38)20-13-23-62-59(60)61/h7-12,16-19,32-34,37-45,48H,13-15,20-31H2,1-6H3,(H,63,84)(H,64,77)(H,65,80)(H,66,81)(H,67,82)(H,68,78)(H,69,79)(H,70,83)(H,73,74)(H,75,76)(H4,60,61,62)/t37-,38-,39-,40-,41-,42+,43+,44-,45-,48-/m0/s1. The fraction of sp³-hybridized carbons (Fsp3) is 0.576. The largest absolute Gasteiger partial charge is 0.481 e. The van der Waals surface area contributed by atoms with Crippen molar-refractivity contribution in [1.82, 2.24) is 52.3 Å². The molecule has 0 saturated carbocycles. The highest BCUT2D eigenvalue weighted by Crippen LogP contribution is 2.23. The van der Waals surface area contributed by atoms with Crippen LogP contribution >= 0.6 is 0 Å². The molecule has 3 aliphatic rings. The molecule has 0 spiro atoms. The van der Waals surface area contributed by atoms with Crippen molar-refractivity contribution in [2.45, 2.75) is 179 Å². The number of hydrogen-bond donors (Lipinski definition) is 12. The Labute approximate surface area is 500 Å². The van der Waals surface area contributed by atoms with Crippen LogP contribution in [0.25, 0.3) is 0 Å². The minimum Gasteiger partial charge on any atom is -0.481 e. The summed E-state index contributed by atoms with van der Waals surface area (Å²) in [6.45, 7) is 10.5. The van der Waals surface area contributed by atoms with E-state index in [0.717, 1.165) is 0 Å². The normalized spacial score (nSPS) is 25.6. The number of nitrogens with zero attached hydrogens (tertiary/aromatic N) is 3. The number of carbonyl (C=O) groups excluding carboxylic acids is 10. The van der Waals surface area contributed by atoms with E-state index in [4.69, 9.17) is 11.5 Å². The van der Waals surface area contributed by atoms with Crippen molar-refractivity contribution >= 4 is 77.0 Å². The number of aliphatic carboxylic acids is 2. The van der Waals surface area contributed by atoms with Gasteiger partial charge in [0.05, 0.1) is 12.8 Å². The highest BCUT2D eigenvalue weighted by molar-refractivity contribution is 6.01. The number of guanidine groups is 1. The van der Waals surface area contributed by atoms with Crippen LogP contribution in [0.3, 0.4) is 0 Å². The van der Waals surface area contributed by atoms with Gasteiger partial charge in [-0.15, -0.1) is 0 Å². The molecule has 2 aromatic rings. The van der Waals surface area contributed by atoms with E-state index in [-0.39, 0.29) is 95.2 Å². The van der Waals surface area contributed by atoms with E-state index in [0.29, 0.717) is 17.5 Å². The number of benzene rings is 2. The first-order valence-electron chi connectivity index (χ1n) is 29.3. The number of nitrogens with two attached hydrogens (primary N) is 2. The number of rotatable bonds is 17. The highest BCUT2D eigenvalue weighted by Gasteiger charge is 2.43. The van der Waals surface area contributed by atoms with Crippen LogP contribution in [0.15, 0.2) is 65.7 Å². The fourth-order valence-corrected chi connectivity index (χ4v) is 10.7. The number of carboxylic acids is 2. The molecule has 3 fully saturated rings. The summed E-state index contributed by atoms with van der Waals surface area (Å²) in [4.78, 5) is 176. The highest BCUT2D eigenvalue weighted by atomic mass is 16.4. The molecule has 3 heterocycles. The number of carboxylic acid groups (broad SMARTS) is 2. The van der Waals surface area contributed by atoms with E-state index in [1.807, 2.05) is 0 Å². The average Bonchev–Trinajstić information content (AvgIpc) is 4.35. The van der Waals surface area contributed by atoms with Gasteiger partial charge in [0.25, 0.3) is 0 Å². The summed E-state index contributed by atoms with van der Waals surface area (Å²) in [7, 11) is 0. The first kappa shape index (κ1) is 68.1. The van der Waals surface area contributed by atoms with E-state index < -0.39 is 150 Å². The average molecular weight is 1200 g/mol. The van der Waals surface area contributed by atoms with Gasteiger partial charge < -0.3 is 74.0 Å². The summed E-state index contributed by atoms with van der Waals surface area (Å²) < 4.78 is 0. The summed E-state index contributed by atoms with van der Waals surface area (Å²) in [6.07, 6.45) is -1.52. The van der Waals surface area contributed by atoms with Gasteiger partial charge in [0, 0.05) is 32.5 Å². The first-order valence-corrected chi connectivity index (χ1v) is 29.3. The molecule has 5 rings (SSSR count). The Hall–Kier alpha value is -8.65. The molecule has 0 bridgehead atoms. The Balaban J connectivity index is 1.61. The van der Waals surface area contributed by atoms with Crippen LogP contribution in [0.4, 0.5) is 0 Å². The minimum atomic E-state index is -1.96. The van der Waals surface area contributed by atoms with Crippen molar-refractivity contribution in [2.24, 2.45) is 34.2 Å². The molecule has 0 unspecified atom stereocenters. The van der Waals surface area contributed by atoms with Crippen LogP contribution in [0.5, 0.6) is 0 Å². The van der Waals surface area contributed by atoms with E-state index in [9.17, 15) is 67.7 Å². The van der Waals surface area contributed by atoms with Crippen molar-refractivity contribution in [2.75, 3.05) is 19.6 Å². The third kappa shape index (κ3) is 20.6. The Bertz CT molecular complexity index is 2780. The van der Waals surface area contributed by atoms with Crippen molar-refractivity contribution in [1.29, 1.82) is 0 Å².